The van der Waals surface area contributed by atoms with Crippen molar-refractivity contribution >= 4 is 0 Å². The van der Waals surface area contributed by atoms with Gasteiger partial charge in [-0.2, -0.15) is 0 Å². The summed E-state index contributed by atoms with van der Waals surface area (Å²) in [4.78, 5) is 0. The van der Waals surface area contributed by atoms with Gasteiger partial charge in [0.25, 0.3) is 0 Å². The maximum atomic E-state index is 9.36. The van der Waals surface area contributed by atoms with Crippen LogP contribution in [0.3, 0.4) is 0 Å². The normalized spacial score (nSPS) is 12.7. The molecule has 1 rings (SSSR count). The van der Waals surface area contributed by atoms with Crippen LogP contribution in [0.5, 0.6) is 0 Å². The standard InChI is InChI=1S/C14H22O/c1-3-4-5-6-7-13-8-10-14(11-9-13)12(2)15/h8-12,15H,3-7H2,1-2H3. The first-order chi connectivity index (χ1) is 7.24. The van der Waals surface area contributed by atoms with Crippen molar-refractivity contribution in [3.63, 3.8) is 0 Å². The summed E-state index contributed by atoms with van der Waals surface area (Å²) in [6.07, 6.45) is 6.06. The lowest BCUT2D eigenvalue weighted by molar-refractivity contribution is 0.199. The second kappa shape index (κ2) is 6.62. The second-order valence-electron chi connectivity index (χ2n) is 4.23. The first kappa shape index (κ1) is 12.3. The summed E-state index contributed by atoms with van der Waals surface area (Å²) in [5.74, 6) is 0. The zero-order valence-electron chi connectivity index (χ0n) is 9.87. The van der Waals surface area contributed by atoms with Crippen LogP contribution in [-0.2, 0) is 6.42 Å². The van der Waals surface area contributed by atoms with E-state index in [4.69, 9.17) is 0 Å². The molecule has 0 radical (unpaired) electrons. The van der Waals surface area contributed by atoms with Gasteiger partial charge in [0.1, 0.15) is 0 Å². The molecule has 0 aromatic heterocycles. The van der Waals surface area contributed by atoms with Gasteiger partial charge in [-0.1, -0.05) is 50.5 Å². The summed E-state index contributed by atoms with van der Waals surface area (Å²) in [7, 11) is 0. The fourth-order valence-corrected chi connectivity index (χ4v) is 1.72. The zero-order chi connectivity index (χ0) is 11.1. The van der Waals surface area contributed by atoms with E-state index in [1.54, 1.807) is 6.92 Å². The Labute approximate surface area is 93.1 Å². The van der Waals surface area contributed by atoms with Gasteiger partial charge >= 0.3 is 0 Å². The molecule has 84 valence electrons. The van der Waals surface area contributed by atoms with E-state index in [0.717, 1.165) is 5.56 Å². The summed E-state index contributed by atoms with van der Waals surface area (Å²) in [6, 6.07) is 8.32. The van der Waals surface area contributed by atoms with E-state index in [0.29, 0.717) is 0 Å². The summed E-state index contributed by atoms with van der Waals surface area (Å²) < 4.78 is 0. The molecule has 1 unspecified atom stereocenters. The zero-order valence-corrected chi connectivity index (χ0v) is 9.87. The Morgan fingerprint density at radius 3 is 2.27 bits per heavy atom. The highest BCUT2D eigenvalue weighted by Gasteiger charge is 1.99. The molecule has 0 spiro atoms. The molecule has 0 aliphatic carbocycles. The Morgan fingerprint density at radius 2 is 1.73 bits per heavy atom. The first-order valence-electron chi connectivity index (χ1n) is 6.01. The van der Waals surface area contributed by atoms with Gasteiger partial charge in [0.05, 0.1) is 6.10 Å². The molecule has 15 heavy (non-hydrogen) atoms. The lowest BCUT2D eigenvalue weighted by atomic mass is 10.0. The third-order valence-corrected chi connectivity index (χ3v) is 2.78. The maximum Gasteiger partial charge on any atom is 0.0761 e. The van der Waals surface area contributed by atoms with Crippen LogP contribution in [0.25, 0.3) is 0 Å². The quantitative estimate of drug-likeness (QED) is 0.701. The fraction of sp³-hybridized carbons (Fsp3) is 0.571. The molecule has 0 saturated heterocycles. The molecular formula is C14H22O. The summed E-state index contributed by atoms with van der Waals surface area (Å²) in [5.41, 5.74) is 2.39. The maximum absolute atomic E-state index is 9.36. The minimum atomic E-state index is -0.348. The smallest absolute Gasteiger partial charge is 0.0761 e. The number of hydrogen-bond acceptors (Lipinski definition) is 1. The Balaban J connectivity index is 2.36. The van der Waals surface area contributed by atoms with Gasteiger partial charge in [-0.05, 0) is 30.9 Å². The van der Waals surface area contributed by atoms with Gasteiger partial charge in [0.2, 0.25) is 0 Å². The van der Waals surface area contributed by atoms with E-state index in [2.05, 4.69) is 19.1 Å². The number of aliphatic hydroxyl groups excluding tert-OH is 1. The molecule has 1 aromatic carbocycles. The highest BCUT2D eigenvalue weighted by molar-refractivity contribution is 5.23. The molecule has 1 nitrogen and oxygen atoms in total. The average Bonchev–Trinajstić information content (AvgIpc) is 2.25. The predicted molar refractivity (Wildman–Crippen MR) is 64.9 cm³/mol. The molecule has 0 fully saturated rings. The van der Waals surface area contributed by atoms with E-state index in [1.807, 2.05) is 12.1 Å². The second-order valence-corrected chi connectivity index (χ2v) is 4.23. The molecule has 0 saturated carbocycles. The van der Waals surface area contributed by atoms with Crippen molar-refractivity contribution in [2.24, 2.45) is 0 Å². The number of aliphatic hydroxyl groups is 1. The van der Waals surface area contributed by atoms with Crippen LogP contribution in [0.1, 0.15) is 56.8 Å². The van der Waals surface area contributed by atoms with Gasteiger partial charge in [-0.25, -0.2) is 0 Å². The van der Waals surface area contributed by atoms with Crippen LogP contribution in [-0.4, -0.2) is 5.11 Å². The number of aryl methyl sites for hydroxylation is 1. The third-order valence-electron chi connectivity index (χ3n) is 2.78. The van der Waals surface area contributed by atoms with Crippen LogP contribution in [0.4, 0.5) is 0 Å². The third kappa shape index (κ3) is 4.48. The van der Waals surface area contributed by atoms with Crippen molar-refractivity contribution in [1.29, 1.82) is 0 Å². The lowest BCUT2D eigenvalue weighted by Crippen LogP contribution is -1.92. The molecule has 0 aliphatic heterocycles. The molecule has 0 aliphatic rings. The molecule has 1 heteroatoms. The van der Waals surface area contributed by atoms with Crippen molar-refractivity contribution in [2.45, 2.75) is 52.1 Å². The minimum Gasteiger partial charge on any atom is -0.389 e. The van der Waals surface area contributed by atoms with E-state index in [9.17, 15) is 5.11 Å². The molecule has 0 amide bonds. The lowest BCUT2D eigenvalue weighted by Gasteiger charge is -2.06. The number of hydrogen-bond donors (Lipinski definition) is 1. The van der Waals surface area contributed by atoms with Crippen LogP contribution >= 0.6 is 0 Å². The highest BCUT2D eigenvalue weighted by Crippen LogP contribution is 2.14. The van der Waals surface area contributed by atoms with E-state index in [1.165, 1.54) is 37.7 Å². The van der Waals surface area contributed by atoms with Crippen LogP contribution in [0.15, 0.2) is 24.3 Å². The van der Waals surface area contributed by atoms with E-state index >= 15 is 0 Å². The monoisotopic (exact) mass is 206 g/mol. The van der Waals surface area contributed by atoms with E-state index < -0.39 is 0 Å². The Bertz CT molecular complexity index is 261. The summed E-state index contributed by atoms with van der Waals surface area (Å²) >= 11 is 0. The predicted octanol–water partition coefficient (Wildman–Crippen LogP) is 3.86. The fourth-order valence-electron chi connectivity index (χ4n) is 1.72. The first-order valence-corrected chi connectivity index (χ1v) is 6.01. The molecule has 0 bridgehead atoms. The largest absolute Gasteiger partial charge is 0.389 e. The highest BCUT2D eigenvalue weighted by atomic mass is 16.3. The number of unbranched alkanes of at least 4 members (excludes halogenated alkanes) is 3. The van der Waals surface area contributed by atoms with Gasteiger partial charge in [0.15, 0.2) is 0 Å². The van der Waals surface area contributed by atoms with Crippen LogP contribution in [0, 0.1) is 0 Å². The summed E-state index contributed by atoms with van der Waals surface area (Å²) in [5, 5.41) is 9.36. The van der Waals surface area contributed by atoms with Gasteiger partial charge < -0.3 is 5.11 Å². The van der Waals surface area contributed by atoms with Gasteiger partial charge in [-0.3, -0.25) is 0 Å². The topological polar surface area (TPSA) is 20.2 Å². The molecular weight excluding hydrogens is 184 g/mol. The van der Waals surface area contributed by atoms with Crippen molar-refractivity contribution in [3.05, 3.63) is 35.4 Å². The Kier molecular flexibility index (Phi) is 5.41. The van der Waals surface area contributed by atoms with E-state index in [-0.39, 0.29) is 6.10 Å². The van der Waals surface area contributed by atoms with Crippen molar-refractivity contribution in [3.8, 4) is 0 Å². The molecule has 1 N–H and O–H groups in total. The van der Waals surface area contributed by atoms with Crippen molar-refractivity contribution < 1.29 is 5.11 Å². The summed E-state index contributed by atoms with van der Waals surface area (Å²) in [6.45, 7) is 4.04. The van der Waals surface area contributed by atoms with Crippen LogP contribution in [0.2, 0.25) is 0 Å². The van der Waals surface area contributed by atoms with Gasteiger partial charge in [0, 0.05) is 0 Å². The molecule has 1 aromatic rings. The number of rotatable bonds is 6. The van der Waals surface area contributed by atoms with Crippen molar-refractivity contribution in [2.75, 3.05) is 0 Å². The molecule has 1 atom stereocenters. The van der Waals surface area contributed by atoms with Crippen molar-refractivity contribution in [1.82, 2.24) is 0 Å². The SMILES string of the molecule is CCCCCCc1ccc(C(C)O)cc1. The Hall–Kier alpha value is -0.820. The van der Waals surface area contributed by atoms with Crippen LogP contribution < -0.4 is 0 Å². The number of benzene rings is 1. The molecule has 0 heterocycles. The minimum absolute atomic E-state index is 0.348. The Morgan fingerprint density at radius 1 is 1.07 bits per heavy atom. The average molecular weight is 206 g/mol. The van der Waals surface area contributed by atoms with Gasteiger partial charge in [-0.15, -0.1) is 0 Å².